The summed E-state index contributed by atoms with van der Waals surface area (Å²) in [7, 11) is 1.63. The van der Waals surface area contributed by atoms with Gasteiger partial charge in [-0.1, -0.05) is 18.2 Å². The van der Waals surface area contributed by atoms with Crippen LogP contribution in [0.2, 0.25) is 0 Å². The van der Waals surface area contributed by atoms with Crippen molar-refractivity contribution < 1.29 is 14.3 Å². The van der Waals surface area contributed by atoms with Crippen LogP contribution in [0.15, 0.2) is 36.9 Å². The monoisotopic (exact) mass is 366 g/mol. The lowest BCUT2D eigenvalue weighted by atomic mass is 10.1. The minimum Gasteiger partial charge on any atom is -0.496 e. The smallest absolute Gasteiger partial charge is 0.410 e. The molecule has 1 amide bonds. The van der Waals surface area contributed by atoms with Crippen LogP contribution in [-0.4, -0.2) is 63.3 Å². The summed E-state index contributed by atoms with van der Waals surface area (Å²) in [5.41, 5.74) is 2.37. The number of nitrogens with zero attached hydrogens (tertiary/aromatic N) is 5. The van der Waals surface area contributed by atoms with Crippen LogP contribution >= 0.6 is 0 Å². The molecule has 0 radical (unpaired) electrons. The number of hydrogen-bond acceptors (Lipinski definition) is 7. The van der Waals surface area contributed by atoms with Gasteiger partial charge in [-0.25, -0.2) is 19.7 Å². The molecule has 1 N–H and O–H groups in total. The quantitative estimate of drug-likeness (QED) is 0.749. The lowest BCUT2D eigenvalue weighted by molar-refractivity contribution is 0.135. The fraction of sp³-hybridized carbons (Fsp3) is 0.333. The van der Waals surface area contributed by atoms with Crippen LogP contribution < -0.4 is 9.64 Å². The Balaban J connectivity index is 1.41. The maximum absolute atomic E-state index is 12.4. The predicted octanol–water partition coefficient (Wildman–Crippen LogP) is 1.57. The molecule has 0 spiro atoms. The number of hydrogen-bond donors (Lipinski definition) is 1. The number of carbonyl (C=O) groups is 1. The zero-order valence-corrected chi connectivity index (χ0v) is 14.7. The molecule has 3 aromatic rings. The first-order valence-corrected chi connectivity index (χ1v) is 8.73. The highest BCUT2D eigenvalue weighted by Crippen LogP contribution is 2.33. The molecule has 2 aliphatic heterocycles. The van der Waals surface area contributed by atoms with Gasteiger partial charge in [0.25, 0.3) is 0 Å². The van der Waals surface area contributed by atoms with Crippen molar-refractivity contribution in [3.05, 3.63) is 42.5 Å². The molecular formula is C18H18N6O3. The predicted molar refractivity (Wildman–Crippen MR) is 96.5 cm³/mol. The Morgan fingerprint density at radius 3 is 3.04 bits per heavy atom. The van der Waals surface area contributed by atoms with Crippen molar-refractivity contribution in [1.29, 1.82) is 0 Å². The van der Waals surface area contributed by atoms with Gasteiger partial charge in [0.1, 0.15) is 23.7 Å². The number of aromatic nitrogens is 4. The van der Waals surface area contributed by atoms with Crippen LogP contribution in [0.3, 0.4) is 0 Å². The van der Waals surface area contributed by atoms with Gasteiger partial charge in [0, 0.05) is 12.1 Å². The molecule has 2 saturated heterocycles. The van der Waals surface area contributed by atoms with Gasteiger partial charge in [0.05, 0.1) is 32.6 Å². The van der Waals surface area contributed by atoms with Crippen molar-refractivity contribution in [2.24, 2.45) is 0 Å². The van der Waals surface area contributed by atoms with Crippen LogP contribution in [0.5, 0.6) is 5.75 Å². The highest BCUT2D eigenvalue weighted by Gasteiger charge is 2.48. The topological polar surface area (TPSA) is 96.5 Å². The highest BCUT2D eigenvalue weighted by molar-refractivity contribution is 5.83. The standard InChI is InChI=1S/C18H18N6O3/c1-26-13-5-3-2-4-11(13)6-24-12-7-23(8-14(12)27-18(24)25)17-15-16(20-9-19-15)21-10-22-17/h2-5,9-10,12,14H,6-8H2,1H3,(H,19,20,21,22)/t12-,14+/m0/s1. The number of rotatable bonds is 4. The maximum Gasteiger partial charge on any atom is 0.410 e. The third kappa shape index (κ3) is 2.54. The lowest BCUT2D eigenvalue weighted by Crippen LogP contribution is -2.37. The number of fused-ring (bicyclic) bond motifs is 2. The molecule has 2 atom stereocenters. The van der Waals surface area contributed by atoms with Crippen LogP contribution in [0.25, 0.3) is 11.2 Å². The molecule has 138 valence electrons. The second-order valence-corrected chi connectivity index (χ2v) is 6.63. The second kappa shape index (κ2) is 6.11. The van der Waals surface area contributed by atoms with E-state index in [1.807, 2.05) is 24.3 Å². The fourth-order valence-corrected chi connectivity index (χ4v) is 3.87. The number of benzene rings is 1. The fourth-order valence-electron chi connectivity index (χ4n) is 3.87. The Labute approximate surface area is 154 Å². The molecule has 2 aliphatic rings. The summed E-state index contributed by atoms with van der Waals surface area (Å²) in [5, 5.41) is 0. The second-order valence-electron chi connectivity index (χ2n) is 6.63. The van der Waals surface area contributed by atoms with E-state index in [2.05, 4.69) is 24.8 Å². The van der Waals surface area contributed by atoms with E-state index in [0.29, 0.717) is 25.3 Å². The molecular weight excluding hydrogens is 348 g/mol. The number of methoxy groups -OCH3 is 1. The van der Waals surface area contributed by atoms with E-state index in [-0.39, 0.29) is 18.2 Å². The van der Waals surface area contributed by atoms with Crippen LogP contribution in [0.1, 0.15) is 5.56 Å². The third-order valence-corrected chi connectivity index (χ3v) is 5.16. The van der Waals surface area contributed by atoms with Gasteiger partial charge in [0.2, 0.25) is 0 Å². The van der Waals surface area contributed by atoms with E-state index in [1.54, 1.807) is 18.3 Å². The number of amides is 1. The Morgan fingerprint density at radius 1 is 1.26 bits per heavy atom. The number of nitrogens with one attached hydrogen (secondary N) is 1. The van der Waals surface area contributed by atoms with Gasteiger partial charge in [-0.15, -0.1) is 0 Å². The number of ether oxygens (including phenoxy) is 2. The van der Waals surface area contributed by atoms with Gasteiger partial charge >= 0.3 is 6.09 Å². The molecule has 5 rings (SSSR count). The van der Waals surface area contributed by atoms with Crippen molar-refractivity contribution in [3.63, 3.8) is 0 Å². The van der Waals surface area contributed by atoms with Crippen LogP contribution in [-0.2, 0) is 11.3 Å². The first-order chi connectivity index (χ1) is 13.2. The SMILES string of the molecule is COc1ccccc1CN1C(=O)O[C@@H]2CN(c3ncnc4nc[nH]c34)C[C@@H]21. The van der Waals surface area contributed by atoms with Crippen molar-refractivity contribution >= 4 is 23.1 Å². The van der Waals surface area contributed by atoms with Crippen molar-refractivity contribution in [2.45, 2.75) is 18.7 Å². The summed E-state index contributed by atoms with van der Waals surface area (Å²) in [6.45, 7) is 1.67. The largest absolute Gasteiger partial charge is 0.496 e. The molecule has 2 aromatic heterocycles. The van der Waals surface area contributed by atoms with E-state index in [4.69, 9.17) is 9.47 Å². The zero-order chi connectivity index (χ0) is 18.4. The number of para-hydroxylation sites is 1. The molecule has 0 aliphatic carbocycles. The van der Waals surface area contributed by atoms with Gasteiger partial charge < -0.3 is 19.4 Å². The molecule has 27 heavy (non-hydrogen) atoms. The molecule has 4 heterocycles. The molecule has 0 unspecified atom stereocenters. The summed E-state index contributed by atoms with van der Waals surface area (Å²) in [6, 6.07) is 7.66. The summed E-state index contributed by atoms with van der Waals surface area (Å²) >= 11 is 0. The normalized spacial score (nSPS) is 21.6. The Morgan fingerprint density at radius 2 is 2.15 bits per heavy atom. The summed E-state index contributed by atoms with van der Waals surface area (Å²) in [6.07, 6.45) is 2.63. The number of carbonyl (C=O) groups excluding carboxylic acids is 1. The average Bonchev–Trinajstić information content (AvgIpc) is 3.38. The Bertz CT molecular complexity index is 1010. The first-order valence-electron chi connectivity index (χ1n) is 8.73. The minimum absolute atomic E-state index is 0.0460. The number of H-pyrrole nitrogens is 1. The van der Waals surface area contributed by atoms with Gasteiger partial charge in [0.15, 0.2) is 11.5 Å². The van der Waals surface area contributed by atoms with Crippen LogP contribution in [0, 0.1) is 0 Å². The van der Waals surface area contributed by atoms with E-state index in [9.17, 15) is 4.79 Å². The molecule has 9 nitrogen and oxygen atoms in total. The van der Waals surface area contributed by atoms with Crippen molar-refractivity contribution in [3.8, 4) is 5.75 Å². The van der Waals surface area contributed by atoms with Crippen molar-refractivity contribution in [2.75, 3.05) is 25.1 Å². The number of anilines is 1. The molecule has 2 fully saturated rings. The van der Waals surface area contributed by atoms with Crippen LogP contribution in [0.4, 0.5) is 10.6 Å². The van der Waals surface area contributed by atoms with Gasteiger partial charge in [-0.2, -0.15) is 0 Å². The van der Waals surface area contributed by atoms with E-state index in [0.717, 1.165) is 22.6 Å². The summed E-state index contributed by atoms with van der Waals surface area (Å²) in [4.78, 5) is 32.1. The number of aromatic amines is 1. The maximum atomic E-state index is 12.4. The minimum atomic E-state index is -0.287. The highest BCUT2D eigenvalue weighted by atomic mass is 16.6. The number of imidazole rings is 1. The average molecular weight is 366 g/mol. The third-order valence-electron chi connectivity index (χ3n) is 5.16. The summed E-state index contributed by atoms with van der Waals surface area (Å²) in [5.74, 6) is 1.54. The lowest BCUT2D eigenvalue weighted by Gasteiger charge is -2.23. The zero-order valence-electron chi connectivity index (χ0n) is 14.7. The first kappa shape index (κ1) is 15.9. The van der Waals surface area contributed by atoms with Crippen molar-refractivity contribution in [1.82, 2.24) is 24.8 Å². The summed E-state index contributed by atoms with van der Waals surface area (Å²) < 4.78 is 11.0. The van der Waals surface area contributed by atoms with E-state index >= 15 is 0 Å². The van der Waals surface area contributed by atoms with E-state index in [1.165, 1.54) is 6.33 Å². The van der Waals surface area contributed by atoms with Gasteiger partial charge in [-0.05, 0) is 6.07 Å². The molecule has 1 aromatic carbocycles. The van der Waals surface area contributed by atoms with E-state index < -0.39 is 0 Å². The Hall–Kier alpha value is -3.36. The molecule has 9 heteroatoms. The van der Waals surface area contributed by atoms with Gasteiger partial charge in [-0.3, -0.25) is 4.90 Å². The Kier molecular flexibility index (Phi) is 3.59. The molecule has 0 bridgehead atoms. The molecule has 0 saturated carbocycles.